The number of anilines is 2. The van der Waals surface area contributed by atoms with Crippen LogP contribution in [0.3, 0.4) is 0 Å². The summed E-state index contributed by atoms with van der Waals surface area (Å²) in [4.78, 5) is 26.2. The van der Waals surface area contributed by atoms with Crippen LogP contribution in [0.15, 0.2) is 57.3 Å². The minimum absolute atomic E-state index is 0.0427. The number of carbonyl (C=O) groups excluding carboxylic acids is 2. The third-order valence-electron chi connectivity index (χ3n) is 6.59. The van der Waals surface area contributed by atoms with E-state index >= 15 is 0 Å². The van der Waals surface area contributed by atoms with Gasteiger partial charge in [-0.1, -0.05) is 48.9 Å². The Morgan fingerprint density at radius 3 is 2.53 bits per heavy atom. The number of hydrogen-bond acceptors (Lipinski definition) is 8. The molecule has 5 N–H and O–H groups in total. The highest BCUT2D eigenvalue weighted by atomic mass is 32.3. The molecule has 38 heavy (non-hydrogen) atoms. The SMILES string of the molecule is CC(C)CC[C@]1(C)C(=O)C(C2=NS(O)(O)c3cc(NC(=O)OC(C)(C)C)ccc3N2)=C(O)c2ccccc21. The van der Waals surface area contributed by atoms with E-state index in [1.807, 2.05) is 19.1 Å². The van der Waals surface area contributed by atoms with Gasteiger partial charge >= 0.3 is 6.09 Å². The molecule has 0 fully saturated rings. The van der Waals surface area contributed by atoms with Crippen LogP contribution in [0.5, 0.6) is 0 Å². The average molecular weight is 542 g/mol. The van der Waals surface area contributed by atoms with Gasteiger partial charge in [0.2, 0.25) is 0 Å². The van der Waals surface area contributed by atoms with Crippen molar-refractivity contribution in [1.29, 1.82) is 0 Å². The number of nitrogens with zero attached hydrogens (tertiary/aromatic N) is 1. The number of aliphatic hydroxyl groups is 1. The van der Waals surface area contributed by atoms with Crippen LogP contribution in [0.2, 0.25) is 0 Å². The van der Waals surface area contributed by atoms with Gasteiger partial charge in [0.1, 0.15) is 21.8 Å². The number of nitrogens with one attached hydrogen (secondary N) is 2. The van der Waals surface area contributed by atoms with Crippen molar-refractivity contribution in [3.05, 3.63) is 59.2 Å². The minimum Gasteiger partial charge on any atom is -0.506 e. The van der Waals surface area contributed by atoms with Crippen LogP contribution in [0, 0.1) is 5.92 Å². The van der Waals surface area contributed by atoms with E-state index in [2.05, 4.69) is 28.9 Å². The van der Waals surface area contributed by atoms with Crippen molar-refractivity contribution in [3.63, 3.8) is 0 Å². The molecule has 0 aromatic heterocycles. The zero-order chi connectivity index (χ0) is 28.0. The minimum atomic E-state index is -3.79. The van der Waals surface area contributed by atoms with E-state index in [0.717, 1.165) is 12.0 Å². The van der Waals surface area contributed by atoms with Gasteiger partial charge in [0.15, 0.2) is 11.6 Å². The molecule has 4 rings (SSSR count). The summed E-state index contributed by atoms with van der Waals surface area (Å²) in [6.45, 7) is 11.2. The maximum Gasteiger partial charge on any atom is 0.412 e. The molecule has 1 atom stereocenters. The molecule has 0 unspecified atom stereocenters. The number of Topliss-reactive ketones (excluding diaryl/α,β-unsaturated/α-hetero) is 1. The van der Waals surface area contributed by atoms with Gasteiger partial charge in [0.25, 0.3) is 0 Å². The van der Waals surface area contributed by atoms with Gasteiger partial charge in [0, 0.05) is 11.3 Å². The number of carbonyl (C=O) groups is 2. The Morgan fingerprint density at radius 2 is 1.87 bits per heavy atom. The highest BCUT2D eigenvalue weighted by Gasteiger charge is 2.46. The molecule has 0 spiro atoms. The molecule has 9 nitrogen and oxygen atoms in total. The van der Waals surface area contributed by atoms with Crippen molar-refractivity contribution < 1.29 is 28.5 Å². The Balaban J connectivity index is 1.73. The first-order valence-electron chi connectivity index (χ1n) is 12.5. The second-order valence-corrected chi connectivity index (χ2v) is 12.9. The largest absolute Gasteiger partial charge is 0.506 e. The first-order chi connectivity index (χ1) is 17.6. The van der Waals surface area contributed by atoms with E-state index in [1.165, 1.54) is 6.07 Å². The van der Waals surface area contributed by atoms with Crippen LogP contribution in [-0.4, -0.2) is 37.5 Å². The van der Waals surface area contributed by atoms with Gasteiger partial charge in [-0.3, -0.25) is 19.2 Å². The summed E-state index contributed by atoms with van der Waals surface area (Å²) in [5.41, 5.74) is 0.0931. The van der Waals surface area contributed by atoms with E-state index in [0.29, 0.717) is 23.6 Å². The molecule has 0 saturated carbocycles. The first kappa shape index (κ1) is 27.7. The molecular weight excluding hydrogens is 506 g/mol. The Bertz CT molecular complexity index is 1360. The Kier molecular flexibility index (Phi) is 7.11. The number of aliphatic hydroxyl groups excluding tert-OH is 1. The normalized spacial score (nSPS) is 21.2. The summed E-state index contributed by atoms with van der Waals surface area (Å²) in [5, 5.41) is 16.8. The highest BCUT2D eigenvalue weighted by molar-refractivity contribution is 8.23. The van der Waals surface area contributed by atoms with Crippen LogP contribution >= 0.6 is 10.8 Å². The van der Waals surface area contributed by atoms with Crippen molar-refractivity contribution in [2.45, 2.75) is 70.3 Å². The molecule has 1 aliphatic heterocycles. The average Bonchev–Trinajstić information content (AvgIpc) is 2.80. The van der Waals surface area contributed by atoms with Gasteiger partial charge in [-0.15, -0.1) is 4.40 Å². The fraction of sp³-hybridized carbons (Fsp3) is 0.393. The number of benzene rings is 2. The molecule has 2 aliphatic rings. The molecule has 1 aliphatic carbocycles. The number of ketones is 1. The van der Waals surface area contributed by atoms with E-state index in [-0.39, 0.29) is 33.5 Å². The summed E-state index contributed by atoms with van der Waals surface area (Å²) in [5.74, 6) is -0.358. The van der Waals surface area contributed by atoms with Crippen LogP contribution in [-0.2, 0) is 14.9 Å². The predicted molar refractivity (Wildman–Crippen MR) is 151 cm³/mol. The third kappa shape index (κ3) is 5.29. The number of amidine groups is 1. The number of hydrogen-bond donors (Lipinski definition) is 5. The molecule has 10 heteroatoms. The topological polar surface area (TPSA) is 140 Å². The lowest BCUT2D eigenvalue weighted by Crippen LogP contribution is -2.42. The standard InChI is InChI=1S/C28H35N3O6S/c1-16(2)13-14-28(6)19-10-8-7-9-18(19)23(32)22(24(28)33)25-30-20-12-11-17(15-21(20)38(35,36)31-25)29-26(34)37-27(3,4)5/h7-12,15-16,32,35-36H,13-14H2,1-6H3,(H,29,34)(H,30,31)/t28-/m0/s1. The van der Waals surface area contributed by atoms with Gasteiger partial charge in [-0.25, -0.2) is 4.79 Å². The van der Waals surface area contributed by atoms with Crippen LogP contribution in [0.25, 0.3) is 5.76 Å². The number of rotatable bonds is 5. The molecule has 1 heterocycles. The van der Waals surface area contributed by atoms with Crippen LogP contribution in [0.1, 0.15) is 65.5 Å². The molecule has 0 bridgehead atoms. The summed E-state index contributed by atoms with van der Waals surface area (Å²) >= 11 is 0. The highest BCUT2D eigenvalue weighted by Crippen LogP contribution is 2.57. The van der Waals surface area contributed by atoms with Crippen LogP contribution < -0.4 is 10.6 Å². The molecule has 2 aromatic rings. The summed E-state index contributed by atoms with van der Waals surface area (Å²) in [7, 11) is -3.79. The van der Waals surface area contributed by atoms with E-state index in [9.17, 15) is 23.8 Å². The molecule has 204 valence electrons. The molecule has 0 radical (unpaired) electrons. The smallest absolute Gasteiger partial charge is 0.412 e. The number of amides is 1. The lowest BCUT2D eigenvalue weighted by molar-refractivity contribution is -0.120. The lowest BCUT2D eigenvalue weighted by atomic mass is 9.66. The van der Waals surface area contributed by atoms with Crippen molar-refractivity contribution in [2.24, 2.45) is 10.3 Å². The van der Waals surface area contributed by atoms with E-state index in [4.69, 9.17) is 4.74 Å². The second-order valence-electron chi connectivity index (χ2n) is 11.3. The van der Waals surface area contributed by atoms with Crippen molar-refractivity contribution in [3.8, 4) is 0 Å². The number of fused-ring (bicyclic) bond motifs is 2. The maximum absolute atomic E-state index is 14.0. The molecule has 1 amide bonds. The summed E-state index contributed by atoms with van der Waals surface area (Å²) < 4.78 is 31.4. The zero-order valence-electron chi connectivity index (χ0n) is 22.5. The van der Waals surface area contributed by atoms with Gasteiger partial charge in [-0.05, 0) is 70.2 Å². The monoisotopic (exact) mass is 541 g/mol. The van der Waals surface area contributed by atoms with Crippen molar-refractivity contribution in [1.82, 2.24) is 0 Å². The second kappa shape index (κ2) is 9.76. The van der Waals surface area contributed by atoms with Gasteiger partial charge in [0.05, 0.1) is 11.1 Å². The van der Waals surface area contributed by atoms with E-state index < -0.39 is 27.9 Å². The molecule has 2 aromatic carbocycles. The summed E-state index contributed by atoms with van der Waals surface area (Å²) in [6, 6.07) is 11.7. The quantitative estimate of drug-likeness (QED) is 0.271. The van der Waals surface area contributed by atoms with Crippen molar-refractivity contribution >= 4 is 45.6 Å². The van der Waals surface area contributed by atoms with Crippen molar-refractivity contribution in [2.75, 3.05) is 10.6 Å². The summed E-state index contributed by atoms with van der Waals surface area (Å²) in [6.07, 6.45) is 0.650. The third-order valence-corrected chi connectivity index (χ3v) is 7.96. The van der Waals surface area contributed by atoms with Gasteiger partial charge in [-0.2, -0.15) is 0 Å². The fourth-order valence-corrected chi connectivity index (χ4v) is 5.83. The van der Waals surface area contributed by atoms with Gasteiger partial charge < -0.3 is 15.2 Å². The fourth-order valence-electron chi connectivity index (χ4n) is 4.64. The maximum atomic E-state index is 14.0. The Labute approximate surface area is 224 Å². The van der Waals surface area contributed by atoms with Crippen LogP contribution in [0.4, 0.5) is 16.2 Å². The first-order valence-corrected chi connectivity index (χ1v) is 14.0. The van der Waals surface area contributed by atoms with E-state index in [1.54, 1.807) is 45.0 Å². The zero-order valence-corrected chi connectivity index (χ0v) is 23.3. The number of ether oxygens (including phenoxy) is 1. The molecular formula is C28H35N3O6S. The lowest BCUT2D eigenvalue weighted by Gasteiger charge is -2.39. The Morgan fingerprint density at radius 1 is 1.18 bits per heavy atom. The Hall–Kier alpha value is -3.34. The predicted octanol–water partition coefficient (Wildman–Crippen LogP) is 7.13. The molecule has 0 saturated heterocycles.